The van der Waals surface area contributed by atoms with Gasteiger partial charge in [-0.15, -0.1) is 0 Å². The van der Waals surface area contributed by atoms with E-state index in [2.05, 4.69) is 18.9 Å². The molecule has 0 amide bonds. The first kappa shape index (κ1) is 17.6. The van der Waals surface area contributed by atoms with Crippen LogP contribution in [-0.2, 0) is 0 Å². The van der Waals surface area contributed by atoms with Gasteiger partial charge in [-0.2, -0.15) is 0 Å². The lowest BCUT2D eigenvalue weighted by atomic mass is 9.98. The second kappa shape index (κ2) is 7.43. The van der Waals surface area contributed by atoms with Crippen molar-refractivity contribution in [2.24, 2.45) is 5.92 Å². The molecule has 4 heteroatoms. The second-order valence-electron chi connectivity index (χ2n) is 8.20. The highest BCUT2D eigenvalue weighted by Crippen LogP contribution is 2.33. The van der Waals surface area contributed by atoms with Crippen LogP contribution in [0.1, 0.15) is 56.9 Å². The van der Waals surface area contributed by atoms with Crippen LogP contribution in [0, 0.1) is 5.92 Å². The van der Waals surface area contributed by atoms with E-state index in [9.17, 15) is 4.79 Å². The van der Waals surface area contributed by atoms with Gasteiger partial charge in [0.25, 0.3) is 0 Å². The summed E-state index contributed by atoms with van der Waals surface area (Å²) in [5.41, 5.74) is 1.62. The van der Waals surface area contributed by atoms with Gasteiger partial charge in [-0.1, -0.05) is 19.8 Å². The molecule has 1 aliphatic heterocycles. The van der Waals surface area contributed by atoms with Crippen molar-refractivity contribution in [3.8, 4) is 5.75 Å². The molecular weight excluding hydrogens is 326 g/mol. The first-order valence-corrected chi connectivity index (χ1v) is 10.0. The second-order valence-corrected chi connectivity index (χ2v) is 8.20. The standard InChI is InChI=1S/C22H29NO3/c1-15-13-23(2)11-5-8-20(15)26-17-9-10-21-18(12-17)22(24)19(14-25-21)16-6-3-4-7-16/h9-10,12,14-16,20H,3-8,11,13H2,1-2H3. The molecule has 1 saturated heterocycles. The molecule has 0 radical (unpaired) electrons. The zero-order chi connectivity index (χ0) is 18.1. The molecule has 4 rings (SSSR count). The predicted molar refractivity (Wildman–Crippen MR) is 104 cm³/mol. The Bertz CT molecular complexity index is 822. The average molecular weight is 355 g/mol. The molecule has 2 atom stereocenters. The minimum absolute atomic E-state index is 0.122. The van der Waals surface area contributed by atoms with Crippen LogP contribution in [0.3, 0.4) is 0 Å². The van der Waals surface area contributed by atoms with Crippen LogP contribution in [0.4, 0.5) is 0 Å². The van der Waals surface area contributed by atoms with E-state index in [1.165, 1.54) is 12.8 Å². The van der Waals surface area contributed by atoms with Crippen molar-refractivity contribution in [1.29, 1.82) is 0 Å². The zero-order valence-corrected chi connectivity index (χ0v) is 15.9. The molecule has 1 aromatic carbocycles. The lowest BCUT2D eigenvalue weighted by molar-refractivity contribution is 0.131. The fourth-order valence-electron chi connectivity index (χ4n) is 4.61. The summed E-state index contributed by atoms with van der Waals surface area (Å²) in [5, 5.41) is 0.658. The summed E-state index contributed by atoms with van der Waals surface area (Å²) in [6.45, 7) is 4.42. The van der Waals surface area contributed by atoms with Crippen LogP contribution in [0.15, 0.2) is 33.7 Å². The van der Waals surface area contributed by atoms with Crippen molar-refractivity contribution in [1.82, 2.24) is 4.90 Å². The Morgan fingerprint density at radius 2 is 1.96 bits per heavy atom. The molecule has 1 aromatic heterocycles. The fourth-order valence-corrected chi connectivity index (χ4v) is 4.61. The monoisotopic (exact) mass is 355 g/mol. The molecule has 26 heavy (non-hydrogen) atoms. The van der Waals surface area contributed by atoms with Crippen LogP contribution >= 0.6 is 0 Å². The molecule has 2 fully saturated rings. The third-order valence-electron chi connectivity index (χ3n) is 6.12. The Morgan fingerprint density at radius 1 is 1.15 bits per heavy atom. The van der Waals surface area contributed by atoms with Crippen LogP contribution in [-0.4, -0.2) is 31.1 Å². The normalized spacial score (nSPS) is 25.5. The van der Waals surface area contributed by atoms with E-state index in [0.717, 1.165) is 50.1 Å². The molecule has 0 spiro atoms. The third-order valence-corrected chi connectivity index (χ3v) is 6.12. The summed E-state index contributed by atoms with van der Waals surface area (Å²) in [6.07, 6.45) is 8.69. The number of rotatable bonds is 3. The van der Waals surface area contributed by atoms with E-state index >= 15 is 0 Å². The van der Waals surface area contributed by atoms with E-state index in [4.69, 9.17) is 9.15 Å². The largest absolute Gasteiger partial charge is 0.490 e. The number of benzene rings is 1. The summed E-state index contributed by atoms with van der Waals surface area (Å²) < 4.78 is 12.1. The molecule has 2 unspecified atom stereocenters. The molecule has 1 saturated carbocycles. The van der Waals surface area contributed by atoms with Crippen molar-refractivity contribution < 1.29 is 9.15 Å². The van der Waals surface area contributed by atoms with Gasteiger partial charge in [0.15, 0.2) is 5.43 Å². The number of likely N-dealkylation sites (tertiary alicyclic amines) is 1. The highest BCUT2D eigenvalue weighted by molar-refractivity contribution is 5.78. The third kappa shape index (κ3) is 3.52. The number of ether oxygens (including phenoxy) is 1. The molecular formula is C22H29NO3. The molecule has 0 bridgehead atoms. The average Bonchev–Trinajstić information content (AvgIpc) is 3.10. The Balaban J connectivity index is 1.62. The molecule has 140 valence electrons. The fraction of sp³-hybridized carbons (Fsp3) is 0.591. The van der Waals surface area contributed by atoms with Gasteiger partial charge in [-0.3, -0.25) is 4.79 Å². The minimum Gasteiger partial charge on any atom is -0.490 e. The van der Waals surface area contributed by atoms with Crippen molar-refractivity contribution in [2.45, 2.75) is 57.5 Å². The van der Waals surface area contributed by atoms with E-state index in [1.54, 1.807) is 6.26 Å². The summed E-state index contributed by atoms with van der Waals surface area (Å²) in [7, 11) is 2.17. The molecule has 4 nitrogen and oxygen atoms in total. The summed E-state index contributed by atoms with van der Waals surface area (Å²) in [6, 6.07) is 5.70. The summed E-state index contributed by atoms with van der Waals surface area (Å²) in [5.74, 6) is 1.62. The number of hydrogen-bond acceptors (Lipinski definition) is 4. The maximum absolute atomic E-state index is 13.0. The highest BCUT2D eigenvalue weighted by atomic mass is 16.5. The lowest BCUT2D eigenvalue weighted by Crippen LogP contribution is -2.30. The number of fused-ring (bicyclic) bond motifs is 1. The minimum atomic E-state index is 0.122. The lowest BCUT2D eigenvalue weighted by Gasteiger charge is -2.24. The maximum atomic E-state index is 13.0. The van der Waals surface area contributed by atoms with Crippen molar-refractivity contribution in [2.75, 3.05) is 20.1 Å². The SMILES string of the molecule is CC1CN(C)CCCC1Oc1ccc2occ(C3CCCC3)c(=O)c2c1. The van der Waals surface area contributed by atoms with Gasteiger partial charge < -0.3 is 14.1 Å². The van der Waals surface area contributed by atoms with E-state index in [1.807, 2.05) is 18.2 Å². The van der Waals surface area contributed by atoms with E-state index < -0.39 is 0 Å². The Hall–Kier alpha value is -1.81. The van der Waals surface area contributed by atoms with Gasteiger partial charge >= 0.3 is 0 Å². The van der Waals surface area contributed by atoms with Crippen molar-refractivity contribution in [3.63, 3.8) is 0 Å². The summed E-state index contributed by atoms with van der Waals surface area (Å²) >= 11 is 0. The Morgan fingerprint density at radius 3 is 2.77 bits per heavy atom. The topological polar surface area (TPSA) is 42.7 Å². The van der Waals surface area contributed by atoms with Gasteiger partial charge in [-0.05, 0) is 63.4 Å². The van der Waals surface area contributed by atoms with Crippen LogP contribution in [0.2, 0.25) is 0 Å². The van der Waals surface area contributed by atoms with Gasteiger partial charge in [0, 0.05) is 18.0 Å². The zero-order valence-electron chi connectivity index (χ0n) is 15.9. The quantitative estimate of drug-likeness (QED) is 0.809. The van der Waals surface area contributed by atoms with Crippen molar-refractivity contribution >= 4 is 11.0 Å². The van der Waals surface area contributed by atoms with Crippen LogP contribution in [0.25, 0.3) is 11.0 Å². The Labute approximate surface area is 155 Å². The van der Waals surface area contributed by atoms with Crippen molar-refractivity contribution in [3.05, 3.63) is 40.2 Å². The highest BCUT2D eigenvalue weighted by Gasteiger charge is 2.25. The van der Waals surface area contributed by atoms with Gasteiger partial charge in [0.1, 0.15) is 17.4 Å². The smallest absolute Gasteiger partial charge is 0.196 e. The molecule has 1 aliphatic carbocycles. The van der Waals surface area contributed by atoms with E-state index in [0.29, 0.717) is 22.8 Å². The first-order chi connectivity index (χ1) is 12.6. The molecule has 2 aliphatic rings. The molecule has 2 aromatic rings. The summed E-state index contributed by atoms with van der Waals surface area (Å²) in [4.78, 5) is 15.4. The molecule has 2 heterocycles. The Kier molecular flexibility index (Phi) is 5.03. The van der Waals surface area contributed by atoms with E-state index in [-0.39, 0.29) is 11.5 Å². The van der Waals surface area contributed by atoms with Crippen LogP contribution < -0.4 is 10.2 Å². The first-order valence-electron chi connectivity index (χ1n) is 10.0. The molecule has 0 N–H and O–H groups in total. The number of hydrogen-bond donors (Lipinski definition) is 0. The number of nitrogens with zero attached hydrogens (tertiary/aromatic N) is 1. The predicted octanol–water partition coefficient (Wildman–Crippen LogP) is 4.56. The van der Waals surface area contributed by atoms with Gasteiger partial charge in [0.05, 0.1) is 11.6 Å². The van der Waals surface area contributed by atoms with Crippen LogP contribution in [0.5, 0.6) is 5.75 Å². The van der Waals surface area contributed by atoms with Gasteiger partial charge in [-0.25, -0.2) is 0 Å². The van der Waals surface area contributed by atoms with Gasteiger partial charge in [0.2, 0.25) is 0 Å². The maximum Gasteiger partial charge on any atom is 0.196 e.